The van der Waals surface area contributed by atoms with Gasteiger partial charge in [-0.2, -0.15) is 0 Å². The van der Waals surface area contributed by atoms with Gasteiger partial charge in [0.05, 0.1) is 13.2 Å². The summed E-state index contributed by atoms with van der Waals surface area (Å²) in [5, 5.41) is 9.55. The molecule has 1 rings (SSSR count). The number of hydrogen-bond acceptors (Lipinski definition) is 4. The Hall–Kier alpha value is -0.870. The predicted octanol–water partition coefficient (Wildman–Crippen LogP) is 0.951. The van der Waals surface area contributed by atoms with E-state index in [0.29, 0.717) is 13.0 Å². The Morgan fingerprint density at radius 1 is 1.56 bits per heavy atom. The van der Waals surface area contributed by atoms with Crippen LogP contribution in [0.15, 0.2) is 12.2 Å². The van der Waals surface area contributed by atoms with Crippen molar-refractivity contribution < 1.29 is 14.6 Å². The molecule has 16 heavy (non-hydrogen) atoms. The average Bonchev–Trinajstić information content (AvgIpc) is 2.65. The van der Waals surface area contributed by atoms with Crippen LogP contribution in [0.2, 0.25) is 0 Å². The van der Waals surface area contributed by atoms with Crippen molar-refractivity contribution in [1.82, 2.24) is 4.90 Å². The first-order valence-corrected chi connectivity index (χ1v) is 5.84. The van der Waals surface area contributed by atoms with E-state index in [9.17, 15) is 9.90 Å². The number of nitrogens with zero attached hydrogens (tertiary/aromatic N) is 1. The first-order valence-electron chi connectivity index (χ1n) is 5.84. The van der Waals surface area contributed by atoms with Crippen LogP contribution in [0, 0.1) is 0 Å². The molecule has 1 saturated heterocycles. The minimum Gasteiger partial charge on any atom is -0.468 e. The number of allylic oxidation sites excluding steroid dienone is 1. The van der Waals surface area contributed by atoms with Crippen LogP contribution < -0.4 is 0 Å². The highest BCUT2D eigenvalue weighted by Crippen LogP contribution is 2.19. The van der Waals surface area contributed by atoms with Crippen molar-refractivity contribution in [2.24, 2.45) is 0 Å². The summed E-state index contributed by atoms with van der Waals surface area (Å²) in [6, 6.07) is -0.268. The fourth-order valence-corrected chi connectivity index (χ4v) is 2.03. The number of β-amino-alcohol motifs (C(OH)–C–C–N with tert-alkyl or cyclic N) is 1. The second-order valence-corrected chi connectivity index (χ2v) is 4.09. The molecule has 2 unspecified atom stereocenters. The third-order valence-electron chi connectivity index (χ3n) is 2.84. The average molecular weight is 227 g/mol. The second kappa shape index (κ2) is 6.66. The van der Waals surface area contributed by atoms with Crippen LogP contribution in [0.1, 0.15) is 26.2 Å². The Bertz CT molecular complexity index is 253. The van der Waals surface area contributed by atoms with Gasteiger partial charge < -0.3 is 9.84 Å². The summed E-state index contributed by atoms with van der Waals surface area (Å²) in [6.07, 6.45) is 6.25. The SMILES string of the molecule is CC/C=C/CCN1CC(O)CC1C(=O)OC. The first kappa shape index (κ1) is 13.2. The van der Waals surface area contributed by atoms with E-state index in [1.807, 2.05) is 4.90 Å². The van der Waals surface area contributed by atoms with Crippen molar-refractivity contribution >= 4 is 5.97 Å². The van der Waals surface area contributed by atoms with Gasteiger partial charge in [-0.25, -0.2) is 0 Å². The van der Waals surface area contributed by atoms with Gasteiger partial charge in [0.25, 0.3) is 0 Å². The molecular formula is C12H21NO3. The highest BCUT2D eigenvalue weighted by atomic mass is 16.5. The summed E-state index contributed by atoms with van der Waals surface area (Å²) in [7, 11) is 1.39. The van der Waals surface area contributed by atoms with Crippen LogP contribution >= 0.6 is 0 Å². The van der Waals surface area contributed by atoms with E-state index in [1.165, 1.54) is 7.11 Å². The lowest BCUT2D eigenvalue weighted by molar-refractivity contribution is -0.145. The maximum atomic E-state index is 11.5. The predicted molar refractivity (Wildman–Crippen MR) is 62.0 cm³/mol. The molecule has 0 aromatic heterocycles. The maximum absolute atomic E-state index is 11.5. The third-order valence-corrected chi connectivity index (χ3v) is 2.84. The van der Waals surface area contributed by atoms with Gasteiger partial charge in [-0.15, -0.1) is 0 Å². The van der Waals surface area contributed by atoms with Gasteiger partial charge in [-0.3, -0.25) is 9.69 Å². The molecule has 4 nitrogen and oxygen atoms in total. The summed E-state index contributed by atoms with van der Waals surface area (Å²) in [5.74, 6) is -0.240. The zero-order valence-electron chi connectivity index (χ0n) is 10.1. The number of aliphatic hydroxyl groups excluding tert-OH is 1. The van der Waals surface area contributed by atoms with Gasteiger partial charge in [0, 0.05) is 19.5 Å². The zero-order valence-corrected chi connectivity index (χ0v) is 10.1. The molecule has 0 spiro atoms. The van der Waals surface area contributed by atoms with Gasteiger partial charge in [-0.1, -0.05) is 19.1 Å². The summed E-state index contributed by atoms with van der Waals surface area (Å²) in [4.78, 5) is 13.5. The Balaban J connectivity index is 2.43. The molecule has 1 heterocycles. The second-order valence-electron chi connectivity index (χ2n) is 4.09. The molecule has 0 bridgehead atoms. The third kappa shape index (κ3) is 3.61. The van der Waals surface area contributed by atoms with Gasteiger partial charge in [0.2, 0.25) is 0 Å². The fraction of sp³-hybridized carbons (Fsp3) is 0.750. The molecule has 92 valence electrons. The Kier molecular flexibility index (Phi) is 5.49. The lowest BCUT2D eigenvalue weighted by Crippen LogP contribution is -2.37. The number of methoxy groups -OCH3 is 1. The van der Waals surface area contributed by atoms with E-state index in [0.717, 1.165) is 19.4 Å². The number of carbonyl (C=O) groups is 1. The van der Waals surface area contributed by atoms with E-state index in [4.69, 9.17) is 4.74 Å². The molecule has 1 aliphatic rings. The molecule has 4 heteroatoms. The molecule has 2 atom stereocenters. The normalized spacial score (nSPS) is 26.4. The van der Waals surface area contributed by atoms with E-state index < -0.39 is 6.10 Å². The Morgan fingerprint density at radius 2 is 2.31 bits per heavy atom. The summed E-state index contributed by atoms with van der Waals surface area (Å²) >= 11 is 0. The van der Waals surface area contributed by atoms with Crippen LogP contribution in [0.25, 0.3) is 0 Å². The highest BCUT2D eigenvalue weighted by Gasteiger charge is 2.35. The standard InChI is InChI=1S/C12H21NO3/c1-3-4-5-6-7-13-9-10(14)8-11(13)12(15)16-2/h4-5,10-11,14H,3,6-9H2,1-2H3/b5-4+. The van der Waals surface area contributed by atoms with E-state index in [2.05, 4.69) is 19.1 Å². The number of likely N-dealkylation sites (tertiary alicyclic amines) is 1. The minimum absolute atomic E-state index is 0.240. The number of aliphatic hydroxyl groups is 1. The molecule has 0 saturated carbocycles. The minimum atomic E-state index is -0.403. The number of rotatable bonds is 5. The molecule has 1 N–H and O–H groups in total. The van der Waals surface area contributed by atoms with Crippen LogP contribution in [0.4, 0.5) is 0 Å². The Labute approximate surface area is 96.9 Å². The lowest BCUT2D eigenvalue weighted by atomic mass is 10.2. The molecule has 0 aromatic rings. The van der Waals surface area contributed by atoms with Crippen molar-refractivity contribution in [2.75, 3.05) is 20.2 Å². The van der Waals surface area contributed by atoms with Crippen molar-refractivity contribution in [3.8, 4) is 0 Å². The van der Waals surface area contributed by atoms with Gasteiger partial charge in [0.15, 0.2) is 0 Å². The number of ether oxygens (including phenoxy) is 1. The van der Waals surface area contributed by atoms with Crippen molar-refractivity contribution in [2.45, 2.75) is 38.3 Å². The largest absolute Gasteiger partial charge is 0.468 e. The molecular weight excluding hydrogens is 206 g/mol. The summed E-state index contributed by atoms with van der Waals surface area (Å²) in [6.45, 7) is 3.46. The lowest BCUT2D eigenvalue weighted by Gasteiger charge is -2.20. The van der Waals surface area contributed by atoms with Crippen LogP contribution in [0.5, 0.6) is 0 Å². The molecule has 0 aromatic carbocycles. The van der Waals surface area contributed by atoms with Gasteiger partial charge in [0.1, 0.15) is 6.04 Å². The van der Waals surface area contributed by atoms with E-state index in [-0.39, 0.29) is 12.0 Å². The van der Waals surface area contributed by atoms with E-state index >= 15 is 0 Å². The van der Waals surface area contributed by atoms with Crippen LogP contribution in [0.3, 0.4) is 0 Å². The maximum Gasteiger partial charge on any atom is 0.323 e. The number of esters is 1. The Morgan fingerprint density at radius 3 is 2.94 bits per heavy atom. The molecule has 0 amide bonds. The quantitative estimate of drug-likeness (QED) is 0.561. The monoisotopic (exact) mass is 227 g/mol. The molecule has 0 aliphatic carbocycles. The van der Waals surface area contributed by atoms with Gasteiger partial charge in [-0.05, 0) is 12.8 Å². The molecule has 1 aliphatic heterocycles. The van der Waals surface area contributed by atoms with E-state index in [1.54, 1.807) is 0 Å². The van der Waals surface area contributed by atoms with Crippen molar-refractivity contribution in [3.63, 3.8) is 0 Å². The zero-order chi connectivity index (χ0) is 12.0. The summed E-state index contributed by atoms with van der Waals surface area (Å²) in [5.41, 5.74) is 0. The van der Waals surface area contributed by atoms with Crippen molar-refractivity contribution in [3.05, 3.63) is 12.2 Å². The topological polar surface area (TPSA) is 49.8 Å². The smallest absolute Gasteiger partial charge is 0.323 e. The first-order chi connectivity index (χ1) is 7.69. The number of carbonyl (C=O) groups excluding carboxylic acids is 1. The van der Waals surface area contributed by atoms with Crippen molar-refractivity contribution in [1.29, 1.82) is 0 Å². The highest BCUT2D eigenvalue weighted by molar-refractivity contribution is 5.76. The van der Waals surface area contributed by atoms with Crippen LogP contribution in [-0.2, 0) is 9.53 Å². The molecule has 0 radical (unpaired) electrons. The number of hydrogen-bond donors (Lipinski definition) is 1. The molecule has 1 fully saturated rings. The summed E-state index contributed by atoms with van der Waals surface area (Å²) < 4.78 is 4.73. The van der Waals surface area contributed by atoms with Gasteiger partial charge >= 0.3 is 5.97 Å². The fourth-order valence-electron chi connectivity index (χ4n) is 2.03. The van der Waals surface area contributed by atoms with Crippen LogP contribution in [-0.4, -0.2) is 48.3 Å².